The molecule has 4 aromatic rings. The smallest absolute Gasteiger partial charge is 0.213 e. The summed E-state index contributed by atoms with van der Waals surface area (Å²) in [4.78, 5) is 16.2. The van der Waals surface area contributed by atoms with Crippen molar-refractivity contribution < 1.29 is 19.6 Å². The predicted octanol–water partition coefficient (Wildman–Crippen LogP) is 6.06. The van der Waals surface area contributed by atoms with Crippen molar-refractivity contribution in [1.82, 2.24) is 0 Å². The number of benzene rings is 3. The molecule has 6 heteroatoms. The Morgan fingerprint density at radius 1 is 0.950 bits per heavy atom. The topological polar surface area (TPSA) is 73.8 Å². The van der Waals surface area contributed by atoms with Gasteiger partial charge in [0.1, 0.15) is 18.8 Å². The zero-order valence-electron chi connectivity index (χ0n) is 23.0. The summed E-state index contributed by atoms with van der Waals surface area (Å²) in [6.07, 6.45) is 5.02. The number of nitrogens with zero attached hydrogens (tertiary/aromatic N) is 2. The van der Waals surface area contributed by atoms with Crippen molar-refractivity contribution in [3.8, 4) is 0 Å². The highest BCUT2D eigenvalue weighted by molar-refractivity contribution is 8.13. The van der Waals surface area contributed by atoms with E-state index in [9.17, 15) is 15.0 Å². The number of para-hydroxylation sites is 1. The summed E-state index contributed by atoms with van der Waals surface area (Å²) < 4.78 is 2.19. The van der Waals surface area contributed by atoms with Crippen LogP contribution in [0.4, 0.5) is 5.69 Å². The van der Waals surface area contributed by atoms with Crippen LogP contribution in [0.3, 0.4) is 0 Å². The molecule has 3 aromatic carbocycles. The van der Waals surface area contributed by atoms with Gasteiger partial charge in [0.05, 0.1) is 16.8 Å². The van der Waals surface area contributed by atoms with Gasteiger partial charge in [-0.1, -0.05) is 68.1 Å². The molecule has 0 spiro atoms. The number of thioether (sulfide) groups is 1. The summed E-state index contributed by atoms with van der Waals surface area (Å²) >= 11 is 1.36. The van der Waals surface area contributed by atoms with Gasteiger partial charge >= 0.3 is 0 Å². The third kappa shape index (κ3) is 4.60. The Hall–Kier alpha value is -3.58. The van der Waals surface area contributed by atoms with Gasteiger partial charge in [-0.05, 0) is 57.3 Å². The van der Waals surface area contributed by atoms with E-state index in [1.165, 1.54) is 28.1 Å². The van der Waals surface area contributed by atoms with Gasteiger partial charge in [-0.3, -0.25) is 9.79 Å². The molecule has 0 amide bonds. The molecule has 2 aliphatic rings. The normalized spacial score (nSPS) is 19.4. The minimum absolute atomic E-state index is 0.143. The molecule has 202 valence electrons. The van der Waals surface area contributed by atoms with E-state index in [0.717, 1.165) is 46.6 Å². The number of carbonyl (C=O) groups excluding carboxylic acids is 1. The molecule has 40 heavy (non-hydrogen) atoms. The lowest BCUT2D eigenvalue weighted by Crippen LogP contribution is -2.42. The van der Waals surface area contributed by atoms with Crippen molar-refractivity contribution in [3.63, 3.8) is 0 Å². The molecule has 1 aliphatic heterocycles. The number of hydrogen-bond acceptors (Lipinski definition) is 5. The van der Waals surface area contributed by atoms with Gasteiger partial charge in [-0.15, -0.1) is 0 Å². The van der Waals surface area contributed by atoms with Crippen molar-refractivity contribution in [3.05, 3.63) is 101 Å². The second-order valence-corrected chi connectivity index (χ2v) is 12.3. The fourth-order valence-electron chi connectivity index (χ4n) is 5.94. The molecular formula is C34H33N2O3S+. The van der Waals surface area contributed by atoms with Crippen LogP contribution in [-0.4, -0.2) is 39.0 Å². The maximum atomic E-state index is 11.3. The van der Waals surface area contributed by atoms with E-state index in [0.29, 0.717) is 11.1 Å². The van der Waals surface area contributed by atoms with Crippen LogP contribution in [0.25, 0.3) is 27.8 Å². The molecule has 2 unspecified atom stereocenters. The maximum absolute atomic E-state index is 11.3. The van der Waals surface area contributed by atoms with Crippen LogP contribution >= 0.6 is 11.8 Å². The Balaban J connectivity index is 1.27. The quantitative estimate of drug-likeness (QED) is 0.227. The molecule has 2 N–H and O–H groups in total. The Bertz CT molecular complexity index is 1740. The fraction of sp³-hybridized carbons (Fsp3) is 0.265. The van der Waals surface area contributed by atoms with Crippen LogP contribution in [0.2, 0.25) is 0 Å². The van der Waals surface area contributed by atoms with Crippen LogP contribution in [-0.2, 0) is 16.8 Å². The second-order valence-electron chi connectivity index (χ2n) is 11.1. The third-order valence-corrected chi connectivity index (χ3v) is 9.01. The monoisotopic (exact) mass is 549 g/mol. The lowest BCUT2D eigenvalue weighted by molar-refractivity contribution is -0.671. The molecule has 6 rings (SSSR count). The molecule has 5 nitrogen and oxygen atoms in total. The first-order chi connectivity index (χ1) is 19.3. The highest BCUT2D eigenvalue weighted by Gasteiger charge is 2.42. The number of hydrogen-bond donors (Lipinski definition) is 2. The van der Waals surface area contributed by atoms with E-state index in [1.54, 1.807) is 6.92 Å². The summed E-state index contributed by atoms with van der Waals surface area (Å²) in [6.45, 7) is 6.71. The first-order valence-corrected chi connectivity index (χ1v) is 14.7. The van der Waals surface area contributed by atoms with Gasteiger partial charge in [0.2, 0.25) is 5.52 Å². The number of rotatable bonds is 6. The zero-order chi connectivity index (χ0) is 28.0. The lowest BCUT2D eigenvalue weighted by atomic mass is 9.74. The standard InChI is InChI=1S/C34H33N2O3S/c1-21(37)40-18-8-16-36-17-15-23(24-10-6-7-12-29(24)36)19-26-32(38)27(33(26)39)20-30-34(2,3)31-25-11-5-4-9-22(25)13-14-28(31)35-30/h4-7,9-15,17,19-20,32-33,38-39H,8,16,18H2,1-3H3/q+1. The molecule has 2 heterocycles. The van der Waals surface area contributed by atoms with Crippen LogP contribution in [0, 0.1) is 0 Å². The van der Waals surface area contributed by atoms with E-state index in [-0.39, 0.29) is 10.5 Å². The largest absolute Gasteiger partial charge is 0.384 e. The average molecular weight is 550 g/mol. The first-order valence-electron chi connectivity index (χ1n) is 13.7. The first kappa shape index (κ1) is 26.6. The Morgan fingerprint density at radius 2 is 1.65 bits per heavy atom. The number of carbonyl (C=O) groups is 1. The molecule has 1 fully saturated rings. The molecule has 0 bridgehead atoms. The fourth-order valence-corrected chi connectivity index (χ4v) is 6.50. The number of aromatic nitrogens is 1. The van der Waals surface area contributed by atoms with Crippen LogP contribution in [0.5, 0.6) is 0 Å². The molecule has 1 saturated carbocycles. The van der Waals surface area contributed by atoms with E-state index in [1.807, 2.05) is 48.7 Å². The molecule has 0 radical (unpaired) electrons. The number of pyridine rings is 1. The van der Waals surface area contributed by atoms with Crippen LogP contribution in [0.1, 0.15) is 38.3 Å². The highest BCUT2D eigenvalue weighted by Crippen LogP contribution is 2.46. The Kier molecular flexibility index (Phi) is 6.95. The Morgan fingerprint density at radius 3 is 2.42 bits per heavy atom. The number of aliphatic imine (C=N–C) groups is 1. The Labute approximate surface area is 238 Å². The number of aliphatic hydroxyl groups excluding tert-OH is 2. The summed E-state index contributed by atoms with van der Waals surface area (Å²) in [7, 11) is 0. The maximum Gasteiger partial charge on any atom is 0.213 e. The predicted molar refractivity (Wildman–Crippen MR) is 164 cm³/mol. The molecule has 0 saturated heterocycles. The zero-order valence-corrected chi connectivity index (χ0v) is 23.8. The van der Waals surface area contributed by atoms with Crippen molar-refractivity contribution in [2.75, 3.05) is 5.75 Å². The number of allylic oxidation sites excluding steroid dienone is 1. The minimum atomic E-state index is -0.858. The van der Waals surface area contributed by atoms with Crippen LogP contribution in [0.15, 0.2) is 95.1 Å². The highest BCUT2D eigenvalue weighted by atomic mass is 32.2. The summed E-state index contributed by atoms with van der Waals surface area (Å²) in [6, 6.07) is 22.7. The minimum Gasteiger partial charge on any atom is -0.384 e. The van der Waals surface area contributed by atoms with Gasteiger partial charge in [-0.2, -0.15) is 4.57 Å². The average Bonchev–Trinajstić information content (AvgIpc) is 3.22. The van der Waals surface area contributed by atoms with Gasteiger partial charge < -0.3 is 10.2 Å². The van der Waals surface area contributed by atoms with Crippen molar-refractivity contribution in [1.29, 1.82) is 0 Å². The molecule has 1 aromatic heterocycles. The van der Waals surface area contributed by atoms with Crippen molar-refractivity contribution >= 4 is 56.0 Å². The van der Waals surface area contributed by atoms with E-state index >= 15 is 0 Å². The van der Waals surface area contributed by atoms with E-state index in [2.05, 4.69) is 54.8 Å². The number of aryl methyl sites for hydroxylation is 1. The molecule has 2 atom stereocenters. The summed E-state index contributed by atoms with van der Waals surface area (Å²) in [5.74, 6) is 0.791. The van der Waals surface area contributed by atoms with Gasteiger partial charge in [0.25, 0.3) is 0 Å². The SMILES string of the molecule is CC(=O)SCCC[n+]1ccc(C=C2C(O)C(=CC3=Nc4ccc5ccccc5c4C3(C)C)C2O)c2ccccc21. The van der Waals surface area contributed by atoms with E-state index < -0.39 is 12.2 Å². The molecule has 1 aliphatic carbocycles. The third-order valence-electron chi connectivity index (χ3n) is 8.11. The van der Waals surface area contributed by atoms with Gasteiger partial charge in [-0.25, -0.2) is 0 Å². The van der Waals surface area contributed by atoms with Crippen molar-refractivity contribution in [2.45, 2.75) is 51.4 Å². The van der Waals surface area contributed by atoms with Gasteiger partial charge in [0.15, 0.2) is 11.3 Å². The van der Waals surface area contributed by atoms with Gasteiger partial charge in [0, 0.05) is 36.6 Å². The summed E-state index contributed by atoms with van der Waals surface area (Å²) in [5.41, 5.74) is 5.82. The lowest BCUT2D eigenvalue weighted by Gasteiger charge is -2.36. The van der Waals surface area contributed by atoms with E-state index in [4.69, 9.17) is 4.99 Å². The second kappa shape index (κ2) is 10.4. The molecular weight excluding hydrogens is 516 g/mol. The van der Waals surface area contributed by atoms with Crippen LogP contribution < -0.4 is 4.57 Å². The van der Waals surface area contributed by atoms with Crippen molar-refractivity contribution in [2.24, 2.45) is 4.99 Å². The summed E-state index contributed by atoms with van der Waals surface area (Å²) in [5, 5.41) is 25.9. The number of fused-ring (bicyclic) bond motifs is 4. The number of aliphatic hydroxyl groups is 2.